The van der Waals surface area contributed by atoms with Gasteiger partial charge in [-0.2, -0.15) is 0 Å². The molecule has 3 N–H and O–H groups in total. The molecule has 1 aromatic carbocycles. The van der Waals surface area contributed by atoms with Crippen LogP contribution in [0.4, 0.5) is 5.82 Å². The average molecular weight is 217 g/mol. The molecule has 0 radical (unpaired) electrons. The van der Waals surface area contributed by atoms with Crippen molar-refractivity contribution in [3.8, 4) is 0 Å². The van der Waals surface area contributed by atoms with Crippen molar-refractivity contribution >= 4 is 11.7 Å². The molecule has 0 saturated heterocycles. The van der Waals surface area contributed by atoms with Crippen LogP contribution in [0.25, 0.3) is 0 Å². The van der Waals surface area contributed by atoms with E-state index in [0.29, 0.717) is 5.82 Å². The van der Waals surface area contributed by atoms with Crippen molar-refractivity contribution in [2.75, 3.05) is 5.32 Å². The molecule has 2 aromatic rings. The molecule has 1 heterocycles. The molecule has 16 heavy (non-hydrogen) atoms. The van der Waals surface area contributed by atoms with Crippen LogP contribution in [0.5, 0.6) is 0 Å². The Hall–Kier alpha value is -2.14. The fourth-order valence-corrected chi connectivity index (χ4v) is 1.29. The van der Waals surface area contributed by atoms with Crippen LogP contribution in [0.15, 0.2) is 47.2 Å². The minimum atomic E-state index is -0.710. The summed E-state index contributed by atoms with van der Waals surface area (Å²) in [5.74, 6) is 0.0384. The number of nitrogens with zero attached hydrogens (tertiary/aromatic N) is 1. The summed E-state index contributed by atoms with van der Waals surface area (Å²) in [6.07, 6.45) is 1.38. The van der Waals surface area contributed by atoms with E-state index in [0.717, 1.165) is 5.56 Å². The standard InChI is InChI=1S/C11H11N3O2/c12-10(8-4-2-1-3-5-8)11(15)13-9-6-7-16-14-9/h1-7,10H,12H2,(H,13,14,15)/t10-/m0/s1. The zero-order valence-electron chi connectivity index (χ0n) is 8.46. The Labute approximate surface area is 92.2 Å². The van der Waals surface area contributed by atoms with Gasteiger partial charge in [0.15, 0.2) is 5.82 Å². The number of anilines is 1. The molecule has 5 nitrogen and oxygen atoms in total. The summed E-state index contributed by atoms with van der Waals surface area (Å²) >= 11 is 0. The van der Waals surface area contributed by atoms with Gasteiger partial charge in [-0.15, -0.1) is 0 Å². The van der Waals surface area contributed by atoms with Gasteiger partial charge < -0.3 is 15.6 Å². The van der Waals surface area contributed by atoms with Crippen molar-refractivity contribution in [1.82, 2.24) is 5.16 Å². The van der Waals surface area contributed by atoms with Crippen LogP contribution >= 0.6 is 0 Å². The molecule has 1 aromatic heterocycles. The first-order chi connectivity index (χ1) is 7.77. The van der Waals surface area contributed by atoms with Crippen molar-refractivity contribution < 1.29 is 9.32 Å². The Balaban J connectivity index is 2.05. The van der Waals surface area contributed by atoms with E-state index in [4.69, 9.17) is 5.73 Å². The zero-order valence-corrected chi connectivity index (χ0v) is 8.46. The molecular weight excluding hydrogens is 206 g/mol. The highest BCUT2D eigenvalue weighted by Crippen LogP contribution is 2.12. The largest absolute Gasteiger partial charge is 0.363 e. The van der Waals surface area contributed by atoms with E-state index in [1.165, 1.54) is 6.26 Å². The highest BCUT2D eigenvalue weighted by molar-refractivity contribution is 5.94. The van der Waals surface area contributed by atoms with Gasteiger partial charge in [-0.25, -0.2) is 0 Å². The molecule has 0 aliphatic carbocycles. The molecule has 0 spiro atoms. The number of carbonyl (C=O) groups excluding carboxylic acids is 1. The molecule has 0 unspecified atom stereocenters. The normalized spacial score (nSPS) is 12.1. The quantitative estimate of drug-likeness (QED) is 0.812. The van der Waals surface area contributed by atoms with E-state index >= 15 is 0 Å². The third-order valence-electron chi connectivity index (χ3n) is 2.13. The van der Waals surface area contributed by atoms with E-state index in [2.05, 4.69) is 15.0 Å². The van der Waals surface area contributed by atoms with Crippen molar-refractivity contribution in [3.05, 3.63) is 48.2 Å². The summed E-state index contributed by atoms with van der Waals surface area (Å²) in [5, 5.41) is 6.12. The second-order valence-electron chi connectivity index (χ2n) is 3.26. The number of hydrogen-bond acceptors (Lipinski definition) is 4. The summed E-state index contributed by atoms with van der Waals surface area (Å²) in [6.45, 7) is 0. The van der Waals surface area contributed by atoms with Crippen molar-refractivity contribution in [2.45, 2.75) is 6.04 Å². The molecule has 1 amide bonds. The fourth-order valence-electron chi connectivity index (χ4n) is 1.29. The molecule has 5 heteroatoms. The Morgan fingerprint density at radius 2 is 2.06 bits per heavy atom. The first-order valence-corrected chi connectivity index (χ1v) is 4.79. The van der Waals surface area contributed by atoms with Gasteiger partial charge >= 0.3 is 0 Å². The Kier molecular flexibility index (Phi) is 2.98. The Bertz CT molecular complexity index is 453. The summed E-state index contributed by atoms with van der Waals surface area (Å²) < 4.78 is 4.60. The van der Waals surface area contributed by atoms with E-state index in [1.54, 1.807) is 18.2 Å². The van der Waals surface area contributed by atoms with Gasteiger partial charge in [-0.1, -0.05) is 35.5 Å². The molecule has 82 valence electrons. The number of rotatable bonds is 3. The second-order valence-corrected chi connectivity index (χ2v) is 3.26. The predicted octanol–water partition coefficient (Wildman–Crippen LogP) is 1.31. The van der Waals surface area contributed by atoms with Crippen LogP contribution in [0, 0.1) is 0 Å². The van der Waals surface area contributed by atoms with Gasteiger partial charge in [0.25, 0.3) is 0 Å². The lowest BCUT2D eigenvalue weighted by Gasteiger charge is -2.10. The molecule has 0 saturated carbocycles. The van der Waals surface area contributed by atoms with Gasteiger partial charge in [-0.3, -0.25) is 4.79 Å². The third kappa shape index (κ3) is 2.26. The minimum absolute atomic E-state index is 0.319. The Morgan fingerprint density at radius 3 is 2.69 bits per heavy atom. The van der Waals surface area contributed by atoms with Crippen LogP contribution in [0.2, 0.25) is 0 Å². The average Bonchev–Trinajstić information content (AvgIpc) is 2.82. The van der Waals surface area contributed by atoms with Crippen LogP contribution < -0.4 is 11.1 Å². The third-order valence-corrected chi connectivity index (χ3v) is 2.13. The molecule has 0 aliphatic heterocycles. The number of hydrogen-bond donors (Lipinski definition) is 2. The molecule has 0 fully saturated rings. The SMILES string of the molecule is N[C@H](C(=O)Nc1ccon1)c1ccccc1. The lowest BCUT2D eigenvalue weighted by Crippen LogP contribution is -2.27. The van der Waals surface area contributed by atoms with E-state index in [-0.39, 0.29) is 5.91 Å². The van der Waals surface area contributed by atoms with Crippen molar-refractivity contribution in [2.24, 2.45) is 5.73 Å². The van der Waals surface area contributed by atoms with E-state index in [9.17, 15) is 4.79 Å². The van der Waals surface area contributed by atoms with Gasteiger partial charge in [0.05, 0.1) is 0 Å². The van der Waals surface area contributed by atoms with Gasteiger partial charge in [0.1, 0.15) is 12.3 Å². The van der Waals surface area contributed by atoms with Crippen LogP contribution in [0.3, 0.4) is 0 Å². The van der Waals surface area contributed by atoms with Crippen molar-refractivity contribution in [1.29, 1.82) is 0 Å². The number of benzene rings is 1. The number of nitrogens with two attached hydrogens (primary N) is 1. The van der Waals surface area contributed by atoms with E-state index < -0.39 is 6.04 Å². The lowest BCUT2D eigenvalue weighted by atomic mass is 10.1. The predicted molar refractivity (Wildman–Crippen MR) is 58.5 cm³/mol. The summed E-state index contributed by atoms with van der Waals surface area (Å²) in [7, 11) is 0. The summed E-state index contributed by atoms with van der Waals surface area (Å²) in [4.78, 5) is 11.7. The van der Waals surface area contributed by atoms with Gasteiger partial charge in [0.2, 0.25) is 5.91 Å². The van der Waals surface area contributed by atoms with E-state index in [1.807, 2.05) is 18.2 Å². The monoisotopic (exact) mass is 217 g/mol. The zero-order chi connectivity index (χ0) is 11.4. The van der Waals surface area contributed by atoms with Crippen LogP contribution in [-0.2, 0) is 4.79 Å². The smallest absolute Gasteiger partial charge is 0.247 e. The minimum Gasteiger partial charge on any atom is -0.363 e. The molecular formula is C11H11N3O2. The van der Waals surface area contributed by atoms with Crippen LogP contribution in [0.1, 0.15) is 11.6 Å². The second kappa shape index (κ2) is 4.59. The Morgan fingerprint density at radius 1 is 1.31 bits per heavy atom. The number of aromatic nitrogens is 1. The molecule has 1 atom stereocenters. The number of nitrogens with one attached hydrogen (secondary N) is 1. The topological polar surface area (TPSA) is 81.2 Å². The summed E-state index contributed by atoms with van der Waals surface area (Å²) in [6, 6.07) is 9.97. The van der Waals surface area contributed by atoms with Gasteiger partial charge in [-0.05, 0) is 5.56 Å². The fraction of sp³-hybridized carbons (Fsp3) is 0.0909. The number of carbonyl (C=O) groups is 1. The van der Waals surface area contributed by atoms with Gasteiger partial charge in [0, 0.05) is 6.07 Å². The van der Waals surface area contributed by atoms with Crippen molar-refractivity contribution in [3.63, 3.8) is 0 Å². The first-order valence-electron chi connectivity index (χ1n) is 4.79. The first kappa shape index (κ1) is 10.4. The summed E-state index contributed by atoms with van der Waals surface area (Å²) in [5.41, 5.74) is 6.54. The molecule has 0 aliphatic rings. The molecule has 2 rings (SSSR count). The molecule has 0 bridgehead atoms. The van der Waals surface area contributed by atoms with Crippen LogP contribution in [-0.4, -0.2) is 11.1 Å². The highest BCUT2D eigenvalue weighted by Gasteiger charge is 2.16. The maximum atomic E-state index is 11.7. The highest BCUT2D eigenvalue weighted by atomic mass is 16.5. The lowest BCUT2D eigenvalue weighted by molar-refractivity contribution is -0.117. The number of amides is 1. The maximum absolute atomic E-state index is 11.7. The maximum Gasteiger partial charge on any atom is 0.247 e.